The lowest BCUT2D eigenvalue weighted by Crippen LogP contribution is -2.47. The Morgan fingerprint density at radius 3 is 2.50 bits per heavy atom. The molecule has 30 heavy (non-hydrogen) atoms. The van der Waals surface area contributed by atoms with E-state index in [1.807, 2.05) is 18.2 Å². The third kappa shape index (κ3) is 6.25. The van der Waals surface area contributed by atoms with Crippen LogP contribution in [0.25, 0.3) is 0 Å². The van der Waals surface area contributed by atoms with E-state index in [1.54, 1.807) is 7.11 Å². The van der Waals surface area contributed by atoms with Crippen LogP contribution in [0.4, 0.5) is 5.69 Å². The van der Waals surface area contributed by atoms with Crippen molar-refractivity contribution in [3.63, 3.8) is 0 Å². The Labute approximate surface area is 190 Å². The van der Waals surface area contributed by atoms with Crippen molar-refractivity contribution in [3.8, 4) is 0 Å². The molecule has 168 valence electrons. The number of ether oxygens (including phenoxy) is 1. The average Bonchev–Trinajstić information content (AvgIpc) is 2.75. The zero-order valence-electron chi connectivity index (χ0n) is 18.0. The molecule has 0 aromatic heterocycles. The van der Waals surface area contributed by atoms with E-state index in [0.29, 0.717) is 22.6 Å². The molecule has 1 unspecified atom stereocenters. The molecular formula is C23H35Cl2N3O2. The van der Waals surface area contributed by atoms with Crippen molar-refractivity contribution in [3.05, 3.63) is 28.2 Å². The number of nitrogens with two attached hydrogens (primary N) is 1. The first-order valence-corrected chi connectivity index (χ1v) is 11.9. The van der Waals surface area contributed by atoms with Gasteiger partial charge >= 0.3 is 0 Å². The van der Waals surface area contributed by atoms with Crippen LogP contribution in [0.2, 0.25) is 10.0 Å². The number of rotatable bonds is 9. The normalized spacial score (nSPS) is 24.0. The number of nitrogens with zero attached hydrogens (tertiary/aromatic N) is 2. The van der Waals surface area contributed by atoms with Gasteiger partial charge in [-0.2, -0.15) is 0 Å². The highest BCUT2D eigenvalue weighted by Crippen LogP contribution is 2.37. The van der Waals surface area contributed by atoms with Crippen LogP contribution in [-0.4, -0.2) is 57.2 Å². The van der Waals surface area contributed by atoms with Crippen LogP contribution in [-0.2, 0) is 9.53 Å². The summed E-state index contributed by atoms with van der Waals surface area (Å²) < 4.78 is 5.16. The summed E-state index contributed by atoms with van der Waals surface area (Å²) in [4.78, 5) is 16.7. The maximum atomic E-state index is 11.8. The number of amides is 1. The molecule has 1 aromatic rings. The lowest BCUT2D eigenvalue weighted by Gasteiger charge is -2.38. The fraction of sp³-hybridized carbons (Fsp3) is 0.696. The van der Waals surface area contributed by atoms with Crippen molar-refractivity contribution in [2.24, 2.45) is 23.5 Å². The molecule has 7 heteroatoms. The zero-order valence-corrected chi connectivity index (χ0v) is 19.5. The number of anilines is 1. The summed E-state index contributed by atoms with van der Waals surface area (Å²) in [6.45, 7) is 5.83. The van der Waals surface area contributed by atoms with Gasteiger partial charge in [0, 0.05) is 45.8 Å². The molecule has 2 aliphatic rings. The number of carbonyl (C=O) groups is 1. The van der Waals surface area contributed by atoms with Crippen LogP contribution in [0.5, 0.6) is 0 Å². The van der Waals surface area contributed by atoms with E-state index in [0.717, 1.165) is 63.6 Å². The lowest BCUT2D eigenvalue weighted by atomic mass is 9.73. The minimum absolute atomic E-state index is 0.0303. The van der Waals surface area contributed by atoms with Gasteiger partial charge in [0.1, 0.15) is 0 Å². The molecule has 0 radical (unpaired) electrons. The number of piperazine rings is 1. The number of methoxy groups -OCH3 is 1. The van der Waals surface area contributed by atoms with Crippen LogP contribution in [0.1, 0.15) is 38.5 Å². The van der Waals surface area contributed by atoms with E-state index >= 15 is 0 Å². The van der Waals surface area contributed by atoms with Crippen molar-refractivity contribution < 1.29 is 9.53 Å². The second kappa shape index (κ2) is 11.6. The quantitative estimate of drug-likeness (QED) is 0.597. The fourth-order valence-electron chi connectivity index (χ4n) is 5.05. The first kappa shape index (κ1) is 23.6. The number of carbonyl (C=O) groups excluding carboxylic acids is 1. The topological polar surface area (TPSA) is 58.8 Å². The fourth-order valence-corrected chi connectivity index (χ4v) is 5.46. The largest absolute Gasteiger partial charge is 0.385 e. The molecule has 1 aromatic carbocycles. The SMILES string of the molecule is COCCC(C(N)=O)[C@H]1CC[C@H](CCN2CCN(c3cccc(Cl)c3Cl)CC2)CC1. The Kier molecular flexibility index (Phi) is 9.12. The molecule has 1 saturated heterocycles. The number of benzene rings is 1. The summed E-state index contributed by atoms with van der Waals surface area (Å²) >= 11 is 12.6. The Morgan fingerprint density at radius 1 is 1.17 bits per heavy atom. The van der Waals surface area contributed by atoms with Crippen LogP contribution >= 0.6 is 23.2 Å². The smallest absolute Gasteiger partial charge is 0.220 e. The number of halogens is 2. The molecule has 3 rings (SSSR count). The first-order chi connectivity index (χ1) is 14.5. The minimum atomic E-state index is -0.159. The molecule has 2 N–H and O–H groups in total. The van der Waals surface area contributed by atoms with Gasteiger partial charge in [0.2, 0.25) is 5.91 Å². The summed E-state index contributed by atoms with van der Waals surface area (Å²) in [5, 5.41) is 1.28. The van der Waals surface area contributed by atoms with Gasteiger partial charge in [-0.15, -0.1) is 0 Å². The first-order valence-electron chi connectivity index (χ1n) is 11.2. The van der Waals surface area contributed by atoms with E-state index in [1.165, 1.54) is 19.3 Å². The second-order valence-corrected chi connectivity index (χ2v) is 9.55. The van der Waals surface area contributed by atoms with E-state index in [4.69, 9.17) is 33.7 Å². The molecule has 1 amide bonds. The number of primary amides is 1. The molecule has 0 bridgehead atoms. The lowest BCUT2D eigenvalue weighted by molar-refractivity contribution is -0.124. The highest BCUT2D eigenvalue weighted by atomic mass is 35.5. The summed E-state index contributed by atoms with van der Waals surface area (Å²) in [5.41, 5.74) is 6.69. The Morgan fingerprint density at radius 2 is 1.87 bits per heavy atom. The van der Waals surface area contributed by atoms with Gasteiger partial charge in [-0.05, 0) is 56.2 Å². The van der Waals surface area contributed by atoms with E-state index in [-0.39, 0.29) is 11.8 Å². The van der Waals surface area contributed by atoms with Crippen LogP contribution in [0, 0.1) is 17.8 Å². The maximum absolute atomic E-state index is 11.8. The van der Waals surface area contributed by atoms with Gasteiger partial charge in [-0.25, -0.2) is 0 Å². The number of hydrogen-bond acceptors (Lipinski definition) is 4. The molecule has 0 spiro atoms. The van der Waals surface area contributed by atoms with Crippen molar-refractivity contribution in [1.82, 2.24) is 4.90 Å². The van der Waals surface area contributed by atoms with Gasteiger partial charge in [-0.3, -0.25) is 9.69 Å². The van der Waals surface area contributed by atoms with Crippen LogP contribution < -0.4 is 10.6 Å². The number of hydrogen-bond donors (Lipinski definition) is 1. The molecular weight excluding hydrogens is 421 g/mol. The zero-order chi connectivity index (χ0) is 21.5. The predicted octanol–water partition coefficient (Wildman–Crippen LogP) is 4.45. The van der Waals surface area contributed by atoms with Gasteiger partial charge < -0.3 is 15.4 Å². The maximum Gasteiger partial charge on any atom is 0.220 e. The summed E-state index contributed by atoms with van der Waals surface area (Å²) in [6, 6.07) is 5.85. The predicted molar refractivity (Wildman–Crippen MR) is 124 cm³/mol. The van der Waals surface area contributed by atoms with Crippen molar-refractivity contribution in [2.75, 3.05) is 51.3 Å². The Balaban J connectivity index is 1.38. The summed E-state index contributed by atoms with van der Waals surface area (Å²) in [5.74, 6) is 1.00. The standard InChI is InChI=1S/C23H35Cl2N3O2/c1-30-16-10-19(23(26)29)18-7-5-17(6-8-18)9-11-27-12-14-28(15-13-27)21-4-2-3-20(24)22(21)25/h2-4,17-19H,5-16H2,1H3,(H2,26,29)/t17-,18-,19?. The molecule has 1 aliphatic heterocycles. The third-order valence-electron chi connectivity index (χ3n) is 6.96. The van der Waals surface area contributed by atoms with Gasteiger partial charge in [0.25, 0.3) is 0 Å². The van der Waals surface area contributed by atoms with E-state index in [2.05, 4.69) is 9.80 Å². The monoisotopic (exact) mass is 455 g/mol. The molecule has 5 nitrogen and oxygen atoms in total. The van der Waals surface area contributed by atoms with Gasteiger partial charge in [0.05, 0.1) is 15.7 Å². The molecule has 1 saturated carbocycles. The molecule has 2 fully saturated rings. The van der Waals surface area contributed by atoms with E-state index < -0.39 is 0 Å². The second-order valence-electron chi connectivity index (χ2n) is 8.76. The summed E-state index contributed by atoms with van der Waals surface area (Å²) in [6.07, 6.45) is 6.64. The van der Waals surface area contributed by atoms with Crippen molar-refractivity contribution >= 4 is 34.8 Å². The Bertz CT molecular complexity index is 687. The highest BCUT2D eigenvalue weighted by Gasteiger charge is 2.31. The molecule has 1 atom stereocenters. The van der Waals surface area contributed by atoms with Crippen LogP contribution in [0.3, 0.4) is 0 Å². The van der Waals surface area contributed by atoms with Crippen molar-refractivity contribution in [1.29, 1.82) is 0 Å². The van der Waals surface area contributed by atoms with Crippen LogP contribution in [0.15, 0.2) is 18.2 Å². The van der Waals surface area contributed by atoms with Gasteiger partial charge in [0.15, 0.2) is 0 Å². The van der Waals surface area contributed by atoms with E-state index in [9.17, 15) is 4.79 Å². The molecule has 1 heterocycles. The molecule has 1 aliphatic carbocycles. The minimum Gasteiger partial charge on any atom is -0.385 e. The Hall–Kier alpha value is -1.01. The van der Waals surface area contributed by atoms with Crippen molar-refractivity contribution in [2.45, 2.75) is 38.5 Å². The summed E-state index contributed by atoms with van der Waals surface area (Å²) in [7, 11) is 1.68. The third-order valence-corrected chi connectivity index (χ3v) is 7.77. The average molecular weight is 456 g/mol. The highest BCUT2D eigenvalue weighted by molar-refractivity contribution is 6.43. The van der Waals surface area contributed by atoms with Gasteiger partial charge in [-0.1, -0.05) is 42.1 Å².